The average molecular weight is 292 g/mol. The minimum atomic E-state index is 0.0597. The normalized spacial score (nSPS) is 16.0. The van der Waals surface area contributed by atoms with E-state index in [1.165, 1.54) is 0 Å². The minimum absolute atomic E-state index is 0.0597. The highest BCUT2D eigenvalue weighted by atomic mass is 16.5. The number of hydrogen-bond acceptors (Lipinski definition) is 5. The van der Waals surface area contributed by atoms with Crippen LogP contribution in [0.15, 0.2) is 24.3 Å². The molecule has 0 saturated carbocycles. The van der Waals surface area contributed by atoms with Gasteiger partial charge in [0.15, 0.2) is 0 Å². The molecule has 1 saturated heterocycles. The summed E-state index contributed by atoms with van der Waals surface area (Å²) in [5.41, 5.74) is 7.75. The van der Waals surface area contributed by atoms with E-state index in [0.717, 1.165) is 37.6 Å². The standard InChI is InChI=1S/C15H24N4O2/c1-21-10-5-17-15(20)12-18-6-8-19(9-7-18)14-4-2-3-13(16)11-14/h2-4,11H,5-10,12,16H2,1H3,(H,17,20). The van der Waals surface area contributed by atoms with Crippen molar-refractivity contribution in [2.75, 3.05) is 63.6 Å². The molecule has 1 aliphatic rings. The van der Waals surface area contributed by atoms with Gasteiger partial charge in [-0.2, -0.15) is 0 Å². The number of amides is 1. The number of ether oxygens (including phenoxy) is 1. The van der Waals surface area contributed by atoms with Gasteiger partial charge in [-0.1, -0.05) is 6.07 Å². The Morgan fingerprint density at radius 1 is 1.33 bits per heavy atom. The maximum Gasteiger partial charge on any atom is 0.234 e. The summed E-state index contributed by atoms with van der Waals surface area (Å²) >= 11 is 0. The van der Waals surface area contributed by atoms with Crippen molar-refractivity contribution in [3.63, 3.8) is 0 Å². The van der Waals surface area contributed by atoms with E-state index in [1.54, 1.807) is 7.11 Å². The first-order chi connectivity index (χ1) is 10.2. The Hall–Kier alpha value is -1.79. The van der Waals surface area contributed by atoms with Crippen molar-refractivity contribution in [1.82, 2.24) is 10.2 Å². The van der Waals surface area contributed by atoms with Crippen molar-refractivity contribution < 1.29 is 9.53 Å². The Kier molecular flexibility index (Phi) is 5.83. The van der Waals surface area contributed by atoms with Crippen molar-refractivity contribution in [3.8, 4) is 0 Å². The Morgan fingerprint density at radius 2 is 2.10 bits per heavy atom. The van der Waals surface area contributed by atoms with Crippen molar-refractivity contribution >= 4 is 17.3 Å². The summed E-state index contributed by atoms with van der Waals surface area (Å²) in [6, 6.07) is 7.93. The molecular formula is C15H24N4O2. The second-order valence-corrected chi connectivity index (χ2v) is 5.20. The Morgan fingerprint density at radius 3 is 2.76 bits per heavy atom. The zero-order valence-corrected chi connectivity index (χ0v) is 12.5. The van der Waals surface area contributed by atoms with E-state index in [9.17, 15) is 4.79 Å². The maximum absolute atomic E-state index is 11.7. The molecule has 2 rings (SSSR count). The summed E-state index contributed by atoms with van der Waals surface area (Å²) in [6.45, 7) is 5.16. The lowest BCUT2D eigenvalue weighted by molar-refractivity contribution is -0.122. The van der Waals surface area contributed by atoms with Crippen molar-refractivity contribution in [3.05, 3.63) is 24.3 Å². The summed E-state index contributed by atoms with van der Waals surface area (Å²) in [6.07, 6.45) is 0. The van der Waals surface area contributed by atoms with Gasteiger partial charge in [-0.3, -0.25) is 9.69 Å². The number of nitrogens with one attached hydrogen (secondary N) is 1. The molecule has 21 heavy (non-hydrogen) atoms. The summed E-state index contributed by atoms with van der Waals surface area (Å²) < 4.78 is 4.91. The molecule has 1 heterocycles. The average Bonchev–Trinajstić information content (AvgIpc) is 2.48. The second kappa shape index (κ2) is 7.85. The fourth-order valence-corrected chi connectivity index (χ4v) is 2.44. The van der Waals surface area contributed by atoms with Crippen LogP contribution >= 0.6 is 0 Å². The molecule has 1 aromatic rings. The van der Waals surface area contributed by atoms with Gasteiger partial charge in [0.2, 0.25) is 5.91 Å². The van der Waals surface area contributed by atoms with Crippen LogP contribution in [0.25, 0.3) is 0 Å². The molecule has 0 aliphatic carbocycles. The molecule has 0 spiro atoms. The quantitative estimate of drug-likeness (QED) is 0.577. The van der Waals surface area contributed by atoms with Gasteiger partial charge in [0.25, 0.3) is 0 Å². The Balaban J connectivity index is 1.74. The van der Waals surface area contributed by atoms with Crippen molar-refractivity contribution in [1.29, 1.82) is 0 Å². The molecule has 3 N–H and O–H groups in total. The molecule has 0 unspecified atom stereocenters. The van der Waals surface area contributed by atoms with Gasteiger partial charge in [-0.05, 0) is 18.2 Å². The topological polar surface area (TPSA) is 70.8 Å². The molecule has 1 aliphatic heterocycles. The van der Waals surface area contributed by atoms with Gasteiger partial charge in [-0.25, -0.2) is 0 Å². The van der Waals surface area contributed by atoms with Crippen LogP contribution in [0.2, 0.25) is 0 Å². The molecule has 6 heteroatoms. The smallest absolute Gasteiger partial charge is 0.234 e. The molecule has 1 aromatic carbocycles. The number of benzene rings is 1. The molecule has 1 amide bonds. The number of carbonyl (C=O) groups excluding carboxylic acids is 1. The zero-order chi connectivity index (χ0) is 15.1. The van der Waals surface area contributed by atoms with Gasteiger partial charge in [0, 0.05) is 51.2 Å². The van der Waals surface area contributed by atoms with E-state index >= 15 is 0 Å². The van der Waals surface area contributed by atoms with E-state index in [4.69, 9.17) is 10.5 Å². The second-order valence-electron chi connectivity index (χ2n) is 5.20. The largest absolute Gasteiger partial charge is 0.399 e. The van der Waals surface area contributed by atoms with Gasteiger partial charge in [0.05, 0.1) is 13.2 Å². The van der Waals surface area contributed by atoms with E-state index in [2.05, 4.69) is 21.2 Å². The summed E-state index contributed by atoms with van der Waals surface area (Å²) in [5.74, 6) is 0.0597. The predicted molar refractivity (Wildman–Crippen MR) is 84.4 cm³/mol. The Labute approximate surface area is 125 Å². The van der Waals surface area contributed by atoms with Crippen LogP contribution in [-0.2, 0) is 9.53 Å². The first-order valence-corrected chi connectivity index (χ1v) is 7.27. The fourth-order valence-electron chi connectivity index (χ4n) is 2.44. The van der Waals surface area contributed by atoms with Crippen LogP contribution in [0.1, 0.15) is 0 Å². The molecule has 0 radical (unpaired) electrons. The third-order valence-electron chi connectivity index (χ3n) is 3.60. The van der Waals surface area contributed by atoms with E-state index < -0.39 is 0 Å². The number of nitrogens with two attached hydrogens (primary N) is 1. The van der Waals surface area contributed by atoms with Gasteiger partial charge in [0.1, 0.15) is 0 Å². The fraction of sp³-hybridized carbons (Fsp3) is 0.533. The van der Waals surface area contributed by atoms with Crippen molar-refractivity contribution in [2.45, 2.75) is 0 Å². The lowest BCUT2D eigenvalue weighted by Crippen LogP contribution is -2.49. The number of hydrogen-bond donors (Lipinski definition) is 2. The third-order valence-corrected chi connectivity index (χ3v) is 3.60. The van der Waals surface area contributed by atoms with E-state index in [-0.39, 0.29) is 5.91 Å². The number of rotatable bonds is 6. The first-order valence-electron chi connectivity index (χ1n) is 7.27. The number of methoxy groups -OCH3 is 1. The molecular weight excluding hydrogens is 268 g/mol. The summed E-state index contributed by atoms with van der Waals surface area (Å²) in [5, 5.41) is 2.85. The number of nitrogen functional groups attached to an aromatic ring is 1. The van der Waals surface area contributed by atoms with Crippen LogP contribution in [-0.4, -0.2) is 63.8 Å². The lowest BCUT2D eigenvalue weighted by Gasteiger charge is -2.35. The molecule has 0 aromatic heterocycles. The number of nitrogens with zero attached hydrogens (tertiary/aromatic N) is 2. The SMILES string of the molecule is COCCNC(=O)CN1CCN(c2cccc(N)c2)CC1. The van der Waals surface area contributed by atoms with Crippen LogP contribution < -0.4 is 16.0 Å². The van der Waals surface area contributed by atoms with E-state index in [1.807, 2.05) is 18.2 Å². The molecule has 0 atom stereocenters. The number of piperazine rings is 1. The summed E-state index contributed by atoms with van der Waals surface area (Å²) in [7, 11) is 1.63. The highest BCUT2D eigenvalue weighted by Gasteiger charge is 2.19. The van der Waals surface area contributed by atoms with Crippen molar-refractivity contribution in [2.24, 2.45) is 0 Å². The lowest BCUT2D eigenvalue weighted by atomic mass is 10.2. The predicted octanol–water partition coefficient (Wildman–Crippen LogP) is 0.153. The van der Waals surface area contributed by atoms with Gasteiger partial charge >= 0.3 is 0 Å². The number of carbonyl (C=O) groups is 1. The number of anilines is 2. The van der Waals surface area contributed by atoms with E-state index in [0.29, 0.717) is 19.7 Å². The molecule has 1 fully saturated rings. The maximum atomic E-state index is 11.7. The van der Waals surface area contributed by atoms with Gasteiger partial charge < -0.3 is 20.7 Å². The highest BCUT2D eigenvalue weighted by Crippen LogP contribution is 2.18. The monoisotopic (exact) mass is 292 g/mol. The molecule has 6 nitrogen and oxygen atoms in total. The molecule has 0 bridgehead atoms. The van der Waals surface area contributed by atoms with Crippen LogP contribution in [0, 0.1) is 0 Å². The first kappa shape index (κ1) is 15.6. The van der Waals surface area contributed by atoms with Gasteiger partial charge in [-0.15, -0.1) is 0 Å². The summed E-state index contributed by atoms with van der Waals surface area (Å²) in [4.78, 5) is 16.2. The Bertz CT molecular complexity index is 459. The molecule has 116 valence electrons. The zero-order valence-electron chi connectivity index (χ0n) is 12.5. The minimum Gasteiger partial charge on any atom is -0.399 e. The van der Waals surface area contributed by atoms with Crippen LogP contribution in [0.5, 0.6) is 0 Å². The highest BCUT2D eigenvalue weighted by molar-refractivity contribution is 5.78. The third kappa shape index (κ3) is 4.91. The van der Waals surface area contributed by atoms with Crippen LogP contribution in [0.4, 0.5) is 11.4 Å². The van der Waals surface area contributed by atoms with Crippen LogP contribution in [0.3, 0.4) is 0 Å².